The first-order valence-corrected chi connectivity index (χ1v) is 7.98. The first-order valence-electron chi connectivity index (χ1n) is 7.98. The van der Waals surface area contributed by atoms with Crippen molar-refractivity contribution < 1.29 is 4.65 Å². The number of rotatable bonds is 12. The number of nitrogens with zero attached hydrogens (tertiary/aromatic N) is 1. The summed E-state index contributed by atoms with van der Waals surface area (Å²) in [6.07, 6.45) is 17.9. The maximum Gasteiger partial charge on any atom is 0.0816 e. The zero-order valence-electron chi connectivity index (χ0n) is 13.2. The summed E-state index contributed by atoms with van der Waals surface area (Å²) in [5.41, 5.74) is 0. The van der Waals surface area contributed by atoms with E-state index in [9.17, 15) is 5.21 Å². The second kappa shape index (κ2) is 12.4. The zero-order valence-corrected chi connectivity index (χ0v) is 13.2. The van der Waals surface area contributed by atoms with Gasteiger partial charge in [0.1, 0.15) is 0 Å². The normalized spacial score (nSPS) is 12.8. The highest BCUT2D eigenvalue weighted by molar-refractivity contribution is 4.82. The largest absolute Gasteiger partial charge is 0.633 e. The smallest absolute Gasteiger partial charge is 0.0816 e. The van der Waals surface area contributed by atoms with E-state index >= 15 is 0 Å². The Hall–Kier alpha value is -0.600. The summed E-state index contributed by atoms with van der Waals surface area (Å²) in [6, 6.07) is 0. The van der Waals surface area contributed by atoms with Crippen LogP contribution in [0.2, 0.25) is 0 Å². The van der Waals surface area contributed by atoms with E-state index in [1.807, 2.05) is 0 Å². The quantitative estimate of drug-likeness (QED) is 0.206. The average molecular weight is 267 g/mol. The molecule has 0 unspecified atom stereocenters. The van der Waals surface area contributed by atoms with Crippen molar-refractivity contribution in [3.63, 3.8) is 0 Å². The van der Waals surface area contributed by atoms with Crippen molar-refractivity contribution in [3.05, 3.63) is 29.5 Å². The molecule has 0 aliphatic rings. The van der Waals surface area contributed by atoms with Crippen LogP contribution in [-0.4, -0.2) is 24.8 Å². The minimum Gasteiger partial charge on any atom is -0.633 e. The molecule has 2 heteroatoms. The standard InChI is InChI=1S/C17H33NO/c1-4-6-8-10-12-14-16-18(3,19)17-15-13-11-9-7-5-2/h10-13H,4-9,14-17H2,1-3H3/b12-10+,13-11+. The molecule has 0 rings (SSSR count). The highest BCUT2D eigenvalue weighted by Crippen LogP contribution is 2.06. The Balaban J connectivity index is 3.62. The Bertz CT molecular complexity index is 220. The van der Waals surface area contributed by atoms with Gasteiger partial charge in [-0.15, -0.1) is 0 Å². The molecule has 0 saturated heterocycles. The fourth-order valence-corrected chi connectivity index (χ4v) is 1.92. The summed E-state index contributed by atoms with van der Waals surface area (Å²) in [7, 11) is 1.79. The van der Waals surface area contributed by atoms with Crippen molar-refractivity contribution in [2.75, 3.05) is 20.1 Å². The summed E-state index contributed by atoms with van der Waals surface area (Å²) in [4.78, 5) is 0. The average Bonchev–Trinajstić information content (AvgIpc) is 2.38. The number of hydrogen-bond donors (Lipinski definition) is 0. The molecule has 0 N–H and O–H groups in total. The molecular formula is C17H33NO. The Morgan fingerprint density at radius 3 is 1.47 bits per heavy atom. The Kier molecular flexibility index (Phi) is 12.0. The second-order valence-corrected chi connectivity index (χ2v) is 5.55. The van der Waals surface area contributed by atoms with Crippen LogP contribution in [-0.2, 0) is 0 Å². The molecule has 0 radical (unpaired) electrons. The minimum atomic E-state index is -0.115. The van der Waals surface area contributed by atoms with Gasteiger partial charge >= 0.3 is 0 Å². The van der Waals surface area contributed by atoms with Crippen LogP contribution >= 0.6 is 0 Å². The number of quaternary nitrogens is 1. The molecule has 0 aromatic carbocycles. The van der Waals surface area contributed by atoms with Crippen molar-refractivity contribution in [2.24, 2.45) is 0 Å². The highest BCUT2D eigenvalue weighted by Gasteiger charge is 2.06. The lowest BCUT2D eigenvalue weighted by molar-refractivity contribution is -0.859. The van der Waals surface area contributed by atoms with Gasteiger partial charge in [-0.25, -0.2) is 0 Å². The fraction of sp³-hybridized carbons (Fsp3) is 0.765. The Morgan fingerprint density at radius 1 is 0.737 bits per heavy atom. The second-order valence-electron chi connectivity index (χ2n) is 5.55. The lowest BCUT2D eigenvalue weighted by Crippen LogP contribution is -2.38. The molecule has 0 aromatic heterocycles. The van der Waals surface area contributed by atoms with E-state index in [0.717, 1.165) is 25.7 Å². The molecule has 0 atom stereocenters. The third kappa shape index (κ3) is 13.6. The molecule has 0 aliphatic carbocycles. The summed E-state index contributed by atoms with van der Waals surface area (Å²) in [5.74, 6) is 0. The van der Waals surface area contributed by atoms with E-state index in [1.54, 1.807) is 7.05 Å². The van der Waals surface area contributed by atoms with E-state index in [4.69, 9.17) is 0 Å². The first kappa shape index (κ1) is 18.4. The maximum absolute atomic E-state index is 12.2. The van der Waals surface area contributed by atoms with Crippen LogP contribution in [0.3, 0.4) is 0 Å². The van der Waals surface area contributed by atoms with Gasteiger partial charge in [0, 0.05) is 12.8 Å². The number of unbranched alkanes of at least 4 members (excludes halogenated alkanes) is 4. The van der Waals surface area contributed by atoms with Crippen molar-refractivity contribution in [3.8, 4) is 0 Å². The van der Waals surface area contributed by atoms with Crippen LogP contribution in [0, 0.1) is 5.21 Å². The van der Waals surface area contributed by atoms with E-state index in [1.165, 1.54) is 25.7 Å². The van der Waals surface area contributed by atoms with Crippen molar-refractivity contribution in [1.29, 1.82) is 0 Å². The maximum atomic E-state index is 12.2. The van der Waals surface area contributed by atoms with E-state index in [2.05, 4.69) is 38.2 Å². The van der Waals surface area contributed by atoms with E-state index in [-0.39, 0.29) is 4.65 Å². The summed E-state index contributed by atoms with van der Waals surface area (Å²) in [6.45, 7) is 5.80. The zero-order chi connectivity index (χ0) is 14.4. The summed E-state index contributed by atoms with van der Waals surface area (Å²) < 4.78 is -0.115. The van der Waals surface area contributed by atoms with Crippen molar-refractivity contribution in [1.82, 2.24) is 0 Å². The molecule has 0 bridgehead atoms. The molecule has 19 heavy (non-hydrogen) atoms. The lowest BCUT2D eigenvalue weighted by atomic mass is 10.2. The van der Waals surface area contributed by atoms with Gasteiger partial charge in [-0.3, -0.25) is 0 Å². The van der Waals surface area contributed by atoms with Crippen LogP contribution in [0.15, 0.2) is 24.3 Å². The molecular weight excluding hydrogens is 234 g/mol. The predicted octanol–water partition coefficient (Wildman–Crippen LogP) is 5.20. The van der Waals surface area contributed by atoms with Gasteiger partial charge in [0.05, 0.1) is 20.1 Å². The van der Waals surface area contributed by atoms with Gasteiger partial charge in [-0.05, 0) is 12.8 Å². The number of hydroxylamine groups is 3. The molecule has 0 spiro atoms. The van der Waals surface area contributed by atoms with Gasteiger partial charge in [0.25, 0.3) is 0 Å². The molecule has 2 nitrogen and oxygen atoms in total. The topological polar surface area (TPSA) is 23.1 Å². The van der Waals surface area contributed by atoms with Gasteiger partial charge in [0.15, 0.2) is 0 Å². The number of allylic oxidation sites excluding steroid dienone is 2. The van der Waals surface area contributed by atoms with E-state index < -0.39 is 0 Å². The number of hydrogen-bond acceptors (Lipinski definition) is 1. The van der Waals surface area contributed by atoms with Crippen LogP contribution < -0.4 is 0 Å². The molecule has 0 amide bonds. The van der Waals surface area contributed by atoms with E-state index in [0.29, 0.717) is 13.1 Å². The third-order valence-electron chi connectivity index (χ3n) is 3.32. The SMILES string of the molecule is CCCC/C=C/CC[N+](C)([O-])CC/C=C/CCCC. The van der Waals surface area contributed by atoms with Gasteiger partial charge in [0.2, 0.25) is 0 Å². The van der Waals surface area contributed by atoms with Crippen LogP contribution in [0.1, 0.15) is 65.2 Å². The molecule has 0 heterocycles. The molecule has 0 saturated carbocycles. The summed E-state index contributed by atoms with van der Waals surface area (Å²) in [5, 5.41) is 12.2. The Morgan fingerprint density at radius 2 is 1.11 bits per heavy atom. The first-order chi connectivity index (χ1) is 9.12. The summed E-state index contributed by atoms with van der Waals surface area (Å²) >= 11 is 0. The lowest BCUT2D eigenvalue weighted by Gasteiger charge is -2.38. The minimum absolute atomic E-state index is 0.115. The molecule has 0 fully saturated rings. The monoisotopic (exact) mass is 267 g/mol. The van der Waals surface area contributed by atoms with Gasteiger partial charge in [-0.1, -0.05) is 63.8 Å². The predicted molar refractivity (Wildman–Crippen MR) is 85.8 cm³/mol. The van der Waals surface area contributed by atoms with Gasteiger partial charge in [-0.2, -0.15) is 0 Å². The molecule has 112 valence electrons. The molecule has 0 aromatic rings. The van der Waals surface area contributed by atoms with Crippen LogP contribution in [0.4, 0.5) is 0 Å². The van der Waals surface area contributed by atoms with Gasteiger partial charge < -0.3 is 9.85 Å². The molecule has 0 aliphatic heterocycles. The fourth-order valence-electron chi connectivity index (χ4n) is 1.92. The van der Waals surface area contributed by atoms with Crippen molar-refractivity contribution in [2.45, 2.75) is 65.2 Å². The third-order valence-corrected chi connectivity index (χ3v) is 3.32. The van der Waals surface area contributed by atoms with Crippen LogP contribution in [0.5, 0.6) is 0 Å². The van der Waals surface area contributed by atoms with Crippen LogP contribution in [0.25, 0.3) is 0 Å². The van der Waals surface area contributed by atoms with Crippen molar-refractivity contribution >= 4 is 0 Å². The highest BCUT2D eigenvalue weighted by atomic mass is 16.5. The Labute approximate surface area is 120 Å².